The molecule has 1 aliphatic carbocycles. The van der Waals surface area contributed by atoms with Crippen molar-refractivity contribution in [2.45, 2.75) is 131 Å². The molecule has 2 unspecified atom stereocenters. The highest BCUT2D eigenvalue weighted by Gasteiger charge is 2.23. The van der Waals surface area contributed by atoms with Crippen molar-refractivity contribution in [3.63, 3.8) is 0 Å². The molecule has 3 atom stereocenters. The minimum absolute atomic E-state index is 0.0213. The van der Waals surface area contributed by atoms with Gasteiger partial charge in [0.2, 0.25) is 0 Å². The lowest BCUT2D eigenvalue weighted by molar-refractivity contribution is 0.278. The monoisotopic (exact) mass is 513 g/mol. The average molecular weight is 514 g/mol. The Balaban J connectivity index is 1.87. The van der Waals surface area contributed by atoms with Gasteiger partial charge in [0.1, 0.15) is 5.82 Å². The maximum absolute atomic E-state index is 14.4. The van der Waals surface area contributed by atoms with Crippen LogP contribution in [0.25, 0.3) is 0 Å². The van der Waals surface area contributed by atoms with Crippen molar-refractivity contribution in [3.8, 4) is 0 Å². The Morgan fingerprint density at radius 2 is 1.70 bits per heavy atom. The summed E-state index contributed by atoms with van der Waals surface area (Å²) in [6, 6.07) is 5.90. The fourth-order valence-electron chi connectivity index (χ4n) is 6.33. The van der Waals surface area contributed by atoms with Crippen molar-refractivity contribution in [2.24, 2.45) is 35.5 Å². The first-order valence-corrected chi connectivity index (χ1v) is 15.9. The van der Waals surface area contributed by atoms with Crippen LogP contribution < -0.4 is 5.32 Å². The van der Waals surface area contributed by atoms with E-state index < -0.39 is 0 Å². The zero-order valence-corrected chi connectivity index (χ0v) is 25.4. The van der Waals surface area contributed by atoms with Crippen molar-refractivity contribution in [3.05, 3.63) is 47.4 Å². The van der Waals surface area contributed by atoms with Crippen LogP contribution in [0.5, 0.6) is 0 Å². The zero-order chi connectivity index (χ0) is 27.2. The number of halogens is 1. The third-order valence-electron chi connectivity index (χ3n) is 9.13. The van der Waals surface area contributed by atoms with Gasteiger partial charge in [0.05, 0.1) is 0 Å². The first-order chi connectivity index (χ1) is 17.7. The molecule has 0 aromatic heterocycles. The van der Waals surface area contributed by atoms with Crippen molar-refractivity contribution in [1.29, 1.82) is 0 Å². The first-order valence-electron chi connectivity index (χ1n) is 15.9. The van der Waals surface area contributed by atoms with E-state index in [9.17, 15) is 4.39 Å². The van der Waals surface area contributed by atoms with Crippen LogP contribution in [0.3, 0.4) is 0 Å². The van der Waals surface area contributed by atoms with Crippen LogP contribution in [0.2, 0.25) is 0 Å². The van der Waals surface area contributed by atoms with Crippen molar-refractivity contribution in [1.82, 2.24) is 5.32 Å². The molecule has 2 rings (SSSR count). The van der Waals surface area contributed by atoms with Crippen molar-refractivity contribution < 1.29 is 4.39 Å². The molecule has 1 nitrogen and oxygen atoms in total. The molecule has 1 aliphatic rings. The number of rotatable bonds is 18. The van der Waals surface area contributed by atoms with Crippen LogP contribution in [-0.4, -0.2) is 6.54 Å². The third kappa shape index (κ3) is 12.0. The highest BCUT2D eigenvalue weighted by atomic mass is 19.1. The molecule has 0 amide bonds. The van der Waals surface area contributed by atoms with E-state index in [1.54, 1.807) is 6.07 Å². The molecule has 0 saturated heterocycles. The quantitative estimate of drug-likeness (QED) is 0.192. The standard InChI is InChI=1S/C35H60FN/c1-8-9-10-14-17-33-24-31(19-21-35(33)36)23-32(26(2)3)20-18-28(6)22-34(27(4)5)29(7)37-25-30-15-12-11-13-16-30/h19,21,24,26-28,30,32,34,37H,7-18,20,22-23,25H2,1-6H3/t28-,32?,34?/m1/s1. The fourth-order valence-corrected chi connectivity index (χ4v) is 6.33. The van der Waals surface area contributed by atoms with Gasteiger partial charge in [0, 0.05) is 18.2 Å². The summed E-state index contributed by atoms with van der Waals surface area (Å²) in [5, 5.41) is 3.76. The molecule has 0 radical (unpaired) electrons. The second-order valence-corrected chi connectivity index (χ2v) is 13.1. The molecular weight excluding hydrogens is 453 g/mol. The van der Waals surface area contributed by atoms with E-state index in [0.29, 0.717) is 29.6 Å². The topological polar surface area (TPSA) is 12.0 Å². The number of benzene rings is 1. The van der Waals surface area contributed by atoms with Gasteiger partial charge in [-0.05, 0) is 91.7 Å². The van der Waals surface area contributed by atoms with Crippen LogP contribution >= 0.6 is 0 Å². The van der Waals surface area contributed by atoms with Gasteiger partial charge in [0.25, 0.3) is 0 Å². The Bertz CT molecular complexity index is 761. The SMILES string of the molecule is C=C(NCC1CCCCC1)C(C[C@H](C)CCC(Cc1ccc(F)c(CCCCCC)c1)C(C)C)C(C)C. The average Bonchev–Trinajstić information content (AvgIpc) is 2.88. The maximum Gasteiger partial charge on any atom is 0.126 e. The molecule has 0 heterocycles. The number of unbranched alkanes of at least 4 members (excludes halogenated alkanes) is 3. The van der Waals surface area contributed by atoms with Gasteiger partial charge in [-0.25, -0.2) is 4.39 Å². The van der Waals surface area contributed by atoms with E-state index in [2.05, 4.69) is 59.5 Å². The Morgan fingerprint density at radius 1 is 0.973 bits per heavy atom. The van der Waals surface area contributed by atoms with Crippen molar-refractivity contribution >= 4 is 0 Å². The molecule has 1 saturated carbocycles. The van der Waals surface area contributed by atoms with Gasteiger partial charge >= 0.3 is 0 Å². The summed E-state index contributed by atoms with van der Waals surface area (Å²) < 4.78 is 14.4. The number of hydrogen-bond donors (Lipinski definition) is 1. The summed E-state index contributed by atoms with van der Waals surface area (Å²) in [6.45, 7) is 19.7. The highest BCUT2D eigenvalue weighted by molar-refractivity contribution is 5.26. The minimum Gasteiger partial charge on any atom is -0.388 e. The molecule has 1 fully saturated rings. The van der Waals surface area contributed by atoms with E-state index in [-0.39, 0.29) is 5.82 Å². The van der Waals surface area contributed by atoms with Gasteiger partial charge in [-0.1, -0.05) is 105 Å². The predicted molar refractivity (Wildman–Crippen MR) is 161 cm³/mol. The molecule has 0 aliphatic heterocycles. The number of nitrogens with one attached hydrogen (secondary N) is 1. The summed E-state index contributed by atoms with van der Waals surface area (Å²) in [6.07, 6.45) is 17.4. The Hall–Kier alpha value is -1.31. The van der Waals surface area contributed by atoms with E-state index in [4.69, 9.17) is 0 Å². The first kappa shape index (κ1) is 31.9. The smallest absolute Gasteiger partial charge is 0.126 e. The summed E-state index contributed by atoms with van der Waals surface area (Å²) >= 11 is 0. The van der Waals surface area contributed by atoms with Crippen LogP contribution in [-0.2, 0) is 12.8 Å². The van der Waals surface area contributed by atoms with Crippen LogP contribution in [0.4, 0.5) is 4.39 Å². The van der Waals surface area contributed by atoms with Gasteiger partial charge in [-0.2, -0.15) is 0 Å². The lowest BCUT2D eigenvalue weighted by Crippen LogP contribution is -2.29. The molecule has 1 aromatic rings. The van der Waals surface area contributed by atoms with Gasteiger partial charge in [-0.15, -0.1) is 0 Å². The van der Waals surface area contributed by atoms with Crippen LogP contribution in [0.15, 0.2) is 30.5 Å². The molecular formula is C35H60FN. The van der Waals surface area contributed by atoms with Gasteiger partial charge in [-0.3, -0.25) is 0 Å². The zero-order valence-electron chi connectivity index (χ0n) is 25.4. The van der Waals surface area contributed by atoms with Crippen LogP contribution in [0.1, 0.15) is 130 Å². The molecule has 2 heteroatoms. The predicted octanol–water partition coefficient (Wildman–Crippen LogP) is 10.5. The number of allylic oxidation sites excluding steroid dienone is 1. The van der Waals surface area contributed by atoms with E-state index in [0.717, 1.165) is 37.3 Å². The Morgan fingerprint density at radius 3 is 2.35 bits per heavy atom. The van der Waals surface area contributed by atoms with Crippen LogP contribution in [0, 0.1) is 41.3 Å². The van der Waals surface area contributed by atoms with E-state index in [1.165, 1.54) is 81.9 Å². The lowest BCUT2D eigenvalue weighted by atomic mass is 9.79. The lowest BCUT2D eigenvalue weighted by Gasteiger charge is -2.30. The van der Waals surface area contributed by atoms with E-state index >= 15 is 0 Å². The minimum atomic E-state index is -0.0213. The van der Waals surface area contributed by atoms with Crippen molar-refractivity contribution in [2.75, 3.05) is 6.54 Å². The number of hydrogen-bond acceptors (Lipinski definition) is 1. The second kappa shape index (κ2) is 17.3. The highest BCUT2D eigenvalue weighted by Crippen LogP contribution is 2.32. The summed E-state index contributed by atoms with van der Waals surface area (Å²) in [4.78, 5) is 0. The summed E-state index contributed by atoms with van der Waals surface area (Å²) in [7, 11) is 0. The Kier molecular flexibility index (Phi) is 14.9. The van der Waals surface area contributed by atoms with E-state index in [1.807, 2.05) is 6.07 Å². The Labute approximate surface area is 230 Å². The van der Waals surface area contributed by atoms with Gasteiger partial charge < -0.3 is 5.32 Å². The fraction of sp³-hybridized carbons (Fsp3) is 0.771. The molecule has 1 N–H and O–H groups in total. The molecule has 0 spiro atoms. The molecule has 212 valence electrons. The summed E-state index contributed by atoms with van der Waals surface area (Å²) in [5.74, 6) is 3.94. The number of aryl methyl sites for hydroxylation is 1. The maximum atomic E-state index is 14.4. The molecule has 37 heavy (non-hydrogen) atoms. The normalized spacial score (nSPS) is 17.2. The molecule has 0 bridgehead atoms. The third-order valence-corrected chi connectivity index (χ3v) is 9.13. The van der Waals surface area contributed by atoms with Gasteiger partial charge in [0.15, 0.2) is 0 Å². The molecule has 1 aromatic carbocycles. The summed E-state index contributed by atoms with van der Waals surface area (Å²) in [5.41, 5.74) is 3.51. The largest absolute Gasteiger partial charge is 0.388 e. The second-order valence-electron chi connectivity index (χ2n) is 13.1.